The third-order valence-corrected chi connectivity index (χ3v) is 3.04. The van der Waals surface area contributed by atoms with Gasteiger partial charge in [0.15, 0.2) is 0 Å². The second-order valence-electron chi connectivity index (χ2n) is 4.55. The van der Waals surface area contributed by atoms with E-state index in [4.69, 9.17) is 0 Å². The minimum Gasteiger partial charge on any atom is -0.388 e. The Morgan fingerprint density at radius 1 is 1.11 bits per heavy atom. The van der Waals surface area contributed by atoms with E-state index in [1.165, 1.54) is 12.1 Å². The van der Waals surface area contributed by atoms with Gasteiger partial charge in [0.25, 0.3) is 5.69 Å². The molecule has 0 aliphatic carbocycles. The van der Waals surface area contributed by atoms with E-state index in [-0.39, 0.29) is 5.69 Å². The smallest absolute Gasteiger partial charge is 0.269 e. The molecule has 0 saturated carbocycles. The van der Waals surface area contributed by atoms with Gasteiger partial charge in [-0.15, -0.1) is 0 Å². The Hall–Kier alpha value is -2.20. The van der Waals surface area contributed by atoms with E-state index in [0.29, 0.717) is 6.42 Å². The molecule has 0 heterocycles. The molecule has 0 fully saturated rings. The first kappa shape index (κ1) is 13.2. The number of aliphatic hydroxyl groups is 1. The van der Waals surface area contributed by atoms with Gasteiger partial charge < -0.3 is 5.11 Å². The van der Waals surface area contributed by atoms with Gasteiger partial charge in [0.1, 0.15) is 0 Å². The van der Waals surface area contributed by atoms with E-state index in [1.807, 2.05) is 31.2 Å². The zero-order chi connectivity index (χ0) is 13.8. The van der Waals surface area contributed by atoms with Crippen molar-refractivity contribution >= 4 is 5.69 Å². The Kier molecular flexibility index (Phi) is 3.92. The molecule has 1 N–H and O–H groups in total. The molecule has 0 radical (unpaired) electrons. The number of hydrogen-bond donors (Lipinski definition) is 1. The summed E-state index contributed by atoms with van der Waals surface area (Å²) in [5, 5.41) is 20.7. The van der Waals surface area contributed by atoms with Crippen LogP contribution in [0.2, 0.25) is 0 Å². The van der Waals surface area contributed by atoms with Crippen LogP contribution in [0, 0.1) is 17.0 Å². The van der Waals surface area contributed by atoms with Crippen molar-refractivity contribution in [1.82, 2.24) is 0 Å². The topological polar surface area (TPSA) is 63.4 Å². The molecule has 4 heteroatoms. The maximum absolute atomic E-state index is 10.5. The number of non-ortho nitro benzene ring substituents is 1. The first-order chi connectivity index (χ1) is 9.06. The number of benzene rings is 2. The molecule has 98 valence electrons. The Morgan fingerprint density at radius 2 is 1.68 bits per heavy atom. The maximum atomic E-state index is 10.5. The predicted molar refractivity (Wildman–Crippen MR) is 72.9 cm³/mol. The predicted octanol–water partition coefficient (Wildman–Crippen LogP) is 3.18. The number of nitro benzene ring substituents is 1. The third kappa shape index (κ3) is 3.39. The van der Waals surface area contributed by atoms with Gasteiger partial charge in [-0.2, -0.15) is 0 Å². The lowest BCUT2D eigenvalue weighted by Gasteiger charge is -2.11. The molecule has 19 heavy (non-hydrogen) atoms. The third-order valence-electron chi connectivity index (χ3n) is 3.04. The molecule has 1 unspecified atom stereocenters. The van der Waals surface area contributed by atoms with E-state index in [0.717, 1.165) is 16.7 Å². The van der Waals surface area contributed by atoms with Crippen LogP contribution >= 0.6 is 0 Å². The second-order valence-corrected chi connectivity index (χ2v) is 4.55. The summed E-state index contributed by atoms with van der Waals surface area (Å²) in [5.41, 5.74) is 2.93. The van der Waals surface area contributed by atoms with Crippen LogP contribution in [0.4, 0.5) is 5.69 Å². The fourth-order valence-corrected chi connectivity index (χ4v) is 1.88. The minimum absolute atomic E-state index is 0.0635. The molecule has 2 rings (SSSR count). The summed E-state index contributed by atoms with van der Waals surface area (Å²) in [5.74, 6) is 0. The summed E-state index contributed by atoms with van der Waals surface area (Å²) in [6, 6.07) is 14.0. The van der Waals surface area contributed by atoms with Crippen molar-refractivity contribution in [2.75, 3.05) is 0 Å². The number of rotatable bonds is 4. The summed E-state index contributed by atoms with van der Waals surface area (Å²) in [6.45, 7) is 1.99. The fourth-order valence-electron chi connectivity index (χ4n) is 1.88. The van der Waals surface area contributed by atoms with Gasteiger partial charge in [0.05, 0.1) is 11.0 Å². The molecular weight excluding hydrogens is 242 g/mol. The number of aliphatic hydroxyl groups excluding tert-OH is 1. The summed E-state index contributed by atoms with van der Waals surface area (Å²) in [7, 11) is 0. The average molecular weight is 257 g/mol. The first-order valence-electron chi connectivity index (χ1n) is 6.04. The number of nitro groups is 1. The number of nitrogens with zero attached hydrogens (tertiary/aromatic N) is 1. The van der Waals surface area contributed by atoms with Gasteiger partial charge in [-0.1, -0.05) is 42.0 Å². The highest BCUT2D eigenvalue weighted by atomic mass is 16.6. The highest BCUT2D eigenvalue weighted by Crippen LogP contribution is 2.20. The normalized spacial score (nSPS) is 12.1. The highest BCUT2D eigenvalue weighted by molar-refractivity contribution is 5.34. The highest BCUT2D eigenvalue weighted by Gasteiger charge is 2.10. The van der Waals surface area contributed by atoms with E-state index in [2.05, 4.69) is 0 Å². The average Bonchev–Trinajstić information content (AvgIpc) is 2.40. The van der Waals surface area contributed by atoms with E-state index in [1.54, 1.807) is 12.1 Å². The van der Waals surface area contributed by atoms with Crippen LogP contribution in [0.5, 0.6) is 0 Å². The summed E-state index contributed by atoms with van der Waals surface area (Å²) >= 11 is 0. The quantitative estimate of drug-likeness (QED) is 0.675. The van der Waals surface area contributed by atoms with Crippen molar-refractivity contribution in [2.24, 2.45) is 0 Å². The number of aryl methyl sites for hydroxylation is 1. The molecule has 0 spiro atoms. The second kappa shape index (κ2) is 5.63. The van der Waals surface area contributed by atoms with Crippen LogP contribution in [-0.2, 0) is 6.42 Å². The zero-order valence-electron chi connectivity index (χ0n) is 10.6. The van der Waals surface area contributed by atoms with Gasteiger partial charge in [-0.3, -0.25) is 10.1 Å². The monoisotopic (exact) mass is 257 g/mol. The zero-order valence-corrected chi connectivity index (χ0v) is 10.6. The molecule has 0 amide bonds. The van der Waals surface area contributed by atoms with Crippen LogP contribution < -0.4 is 0 Å². The van der Waals surface area contributed by atoms with Crippen molar-refractivity contribution in [3.8, 4) is 0 Å². The van der Waals surface area contributed by atoms with Crippen LogP contribution in [0.25, 0.3) is 0 Å². The van der Waals surface area contributed by atoms with Crippen LogP contribution in [-0.4, -0.2) is 10.0 Å². The molecule has 1 atom stereocenters. The van der Waals surface area contributed by atoms with Gasteiger partial charge in [-0.05, 0) is 18.1 Å². The molecule has 4 nitrogen and oxygen atoms in total. The van der Waals surface area contributed by atoms with Crippen molar-refractivity contribution in [3.05, 3.63) is 75.3 Å². The Balaban J connectivity index is 2.08. The maximum Gasteiger partial charge on any atom is 0.269 e. The summed E-state index contributed by atoms with van der Waals surface area (Å²) < 4.78 is 0. The van der Waals surface area contributed by atoms with Gasteiger partial charge in [0.2, 0.25) is 0 Å². The van der Waals surface area contributed by atoms with E-state index in [9.17, 15) is 15.2 Å². The van der Waals surface area contributed by atoms with E-state index >= 15 is 0 Å². The standard InChI is InChI=1S/C15H15NO3/c1-11-2-6-13(7-3-11)15(17)10-12-4-8-14(9-5-12)16(18)19/h2-9,15,17H,10H2,1H3. The van der Waals surface area contributed by atoms with Gasteiger partial charge in [0, 0.05) is 18.6 Å². The van der Waals surface area contributed by atoms with Crippen LogP contribution in [0.1, 0.15) is 22.8 Å². The SMILES string of the molecule is Cc1ccc(C(O)Cc2ccc([N+](=O)[O-])cc2)cc1. The lowest BCUT2D eigenvalue weighted by Crippen LogP contribution is -2.01. The molecule has 0 saturated heterocycles. The molecule has 0 aromatic heterocycles. The van der Waals surface area contributed by atoms with Crippen molar-refractivity contribution in [3.63, 3.8) is 0 Å². The van der Waals surface area contributed by atoms with Crippen LogP contribution in [0.3, 0.4) is 0 Å². The Bertz CT molecular complexity index is 561. The molecule has 0 aliphatic heterocycles. The largest absolute Gasteiger partial charge is 0.388 e. The van der Waals surface area contributed by atoms with Gasteiger partial charge >= 0.3 is 0 Å². The lowest BCUT2D eigenvalue weighted by molar-refractivity contribution is -0.384. The Labute approximate surface area is 111 Å². The van der Waals surface area contributed by atoms with Crippen LogP contribution in [0.15, 0.2) is 48.5 Å². The lowest BCUT2D eigenvalue weighted by atomic mass is 10.0. The number of hydrogen-bond acceptors (Lipinski definition) is 3. The fraction of sp³-hybridized carbons (Fsp3) is 0.200. The Morgan fingerprint density at radius 3 is 2.21 bits per heavy atom. The molecular formula is C15H15NO3. The first-order valence-corrected chi connectivity index (χ1v) is 6.04. The van der Waals surface area contributed by atoms with Crippen molar-refractivity contribution in [1.29, 1.82) is 0 Å². The molecule has 0 aliphatic rings. The van der Waals surface area contributed by atoms with E-state index < -0.39 is 11.0 Å². The summed E-state index contributed by atoms with van der Waals surface area (Å²) in [4.78, 5) is 10.1. The molecule has 2 aromatic carbocycles. The molecule has 0 bridgehead atoms. The summed E-state index contributed by atoms with van der Waals surface area (Å²) in [6.07, 6.45) is -0.150. The molecule has 2 aromatic rings. The van der Waals surface area contributed by atoms with Gasteiger partial charge in [-0.25, -0.2) is 0 Å². The van der Waals surface area contributed by atoms with Crippen molar-refractivity contribution < 1.29 is 10.0 Å². The van der Waals surface area contributed by atoms with Crippen molar-refractivity contribution in [2.45, 2.75) is 19.4 Å². The minimum atomic E-state index is -0.595.